The molecule has 28 heavy (non-hydrogen) atoms. The molecule has 0 aliphatic heterocycles. The SMILES string of the molecule is c1ccc(CCCCOc2ccc(-c3cccc(-c4nn[nH]n4)c3)cc2)cc1. The molecule has 0 saturated heterocycles. The summed E-state index contributed by atoms with van der Waals surface area (Å²) in [7, 11) is 0. The monoisotopic (exact) mass is 370 g/mol. The van der Waals surface area contributed by atoms with Gasteiger partial charge in [-0.15, -0.1) is 10.2 Å². The van der Waals surface area contributed by atoms with Crippen LogP contribution in [0.15, 0.2) is 78.9 Å². The van der Waals surface area contributed by atoms with E-state index >= 15 is 0 Å². The average molecular weight is 370 g/mol. The topological polar surface area (TPSA) is 63.7 Å². The number of rotatable bonds is 8. The van der Waals surface area contributed by atoms with Crippen molar-refractivity contribution in [3.05, 3.63) is 84.4 Å². The van der Waals surface area contributed by atoms with E-state index < -0.39 is 0 Å². The standard InChI is InChI=1S/C23H22N4O/c1-2-7-18(8-3-1)9-4-5-16-28-22-14-12-19(13-15-22)20-10-6-11-21(17-20)23-24-26-27-25-23/h1-3,6-8,10-15,17H,4-5,9,16H2,(H,24,25,26,27). The smallest absolute Gasteiger partial charge is 0.204 e. The van der Waals surface area contributed by atoms with E-state index in [2.05, 4.69) is 75.2 Å². The van der Waals surface area contributed by atoms with E-state index in [1.807, 2.05) is 24.3 Å². The van der Waals surface area contributed by atoms with E-state index in [1.165, 1.54) is 5.56 Å². The number of aromatic amines is 1. The number of ether oxygens (including phenoxy) is 1. The Balaban J connectivity index is 1.30. The average Bonchev–Trinajstić information content (AvgIpc) is 3.30. The zero-order valence-corrected chi connectivity index (χ0v) is 15.6. The van der Waals surface area contributed by atoms with Crippen LogP contribution >= 0.6 is 0 Å². The zero-order chi connectivity index (χ0) is 19.0. The second-order valence-corrected chi connectivity index (χ2v) is 6.63. The summed E-state index contributed by atoms with van der Waals surface area (Å²) >= 11 is 0. The van der Waals surface area contributed by atoms with Crippen LogP contribution in [0.3, 0.4) is 0 Å². The van der Waals surface area contributed by atoms with Crippen molar-refractivity contribution in [1.29, 1.82) is 0 Å². The molecule has 0 spiro atoms. The highest BCUT2D eigenvalue weighted by Gasteiger charge is 2.05. The minimum Gasteiger partial charge on any atom is -0.494 e. The van der Waals surface area contributed by atoms with E-state index in [0.29, 0.717) is 5.82 Å². The van der Waals surface area contributed by atoms with Crippen LogP contribution in [0.25, 0.3) is 22.5 Å². The van der Waals surface area contributed by atoms with Crippen molar-refractivity contribution in [2.75, 3.05) is 6.61 Å². The number of nitrogens with one attached hydrogen (secondary N) is 1. The summed E-state index contributed by atoms with van der Waals surface area (Å²) in [4.78, 5) is 0. The Bertz CT molecular complexity index is 983. The molecule has 5 heteroatoms. The Kier molecular flexibility index (Phi) is 5.73. The lowest BCUT2D eigenvalue weighted by Gasteiger charge is -2.08. The summed E-state index contributed by atoms with van der Waals surface area (Å²) < 4.78 is 5.89. The van der Waals surface area contributed by atoms with Gasteiger partial charge in [0, 0.05) is 5.56 Å². The van der Waals surface area contributed by atoms with E-state index in [-0.39, 0.29) is 0 Å². The lowest BCUT2D eigenvalue weighted by Crippen LogP contribution is -1.98. The number of aryl methyl sites for hydroxylation is 1. The highest BCUT2D eigenvalue weighted by molar-refractivity contribution is 5.70. The fourth-order valence-electron chi connectivity index (χ4n) is 3.13. The molecular formula is C23H22N4O. The van der Waals surface area contributed by atoms with Crippen LogP contribution in [0.4, 0.5) is 0 Å². The predicted octanol–water partition coefficient (Wildman–Crippen LogP) is 4.94. The Labute approximate surface area is 164 Å². The first-order valence-corrected chi connectivity index (χ1v) is 9.49. The largest absolute Gasteiger partial charge is 0.494 e. The van der Waals surface area contributed by atoms with Crippen molar-refractivity contribution < 1.29 is 4.74 Å². The zero-order valence-electron chi connectivity index (χ0n) is 15.6. The minimum atomic E-state index is 0.595. The molecule has 0 aliphatic carbocycles. The Hall–Kier alpha value is -3.47. The first-order valence-electron chi connectivity index (χ1n) is 9.49. The van der Waals surface area contributed by atoms with Crippen molar-refractivity contribution in [1.82, 2.24) is 20.6 Å². The van der Waals surface area contributed by atoms with Crippen molar-refractivity contribution in [2.24, 2.45) is 0 Å². The number of unbranched alkanes of at least 4 members (excludes halogenated alkanes) is 1. The van der Waals surface area contributed by atoms with Gasteiger partial charge in [0.25, 0.3) is 0 Å². The summed E-state index contributed by atoms with van der Waals surface area (Å²) in [5.74, 6) is 1.50. The van der Waals surface area contributed by atoms with Crippen molar-refractivity contribution in [3.8, 4) is 28.3 Å². The fraction of sp³-hybridized carbons (Fsp3) is 0.174. The van der Waals surface area contributed by atoms with Crippen LogP contribution in [0.2, 0.25) is 0 Å². The van der Waals surface area contributed by atoms with Crippen LogP contribution in [0.5, 0.6) is 5.75 Å². The Morgan fingerprint density at radius 2 is 1.57 bits per heavy atom. The minimum absolute atomic E-state index is 0.595. The van der Waals surface area contributed by atoms with Gasteiger partial charge in [-0.1, -0.05) is 60.7 Å². The van der Waals surface area contributed by atoms with Crippen LogP contribution < -0.4 is 4.74 Å². The third kappa shape index (κ3) is 4.62. The molecule has 0 amide bonds. The highest BCUT2D eigenvalue weighted by atomic mass is 16.5. The third-order valence-electron chi connectivity index (χ3n) is 4.63. The van der Waals surface area contributed by atoms with Crippen LogP contribution in [-0.2, 0) is 6.42 Å². The van der Waals surface area contributed by atoms with Gasteiger partial charge in [0.05, 0.1) is 6.61 Å². The van der Waals surface area contributed by atoms with E-state index in [9.17, 15) is 0 Å². The van der Waals surface area contributed by atoms with E-state index in [4.69, 9.17) is 4.74 Å². The van der Waals surface area contributed by atoms with Crippen molar-refractivity contribution in [2.45, 2.75) is 19.3 Å². The highest BCUT2D eigenvalue weighted by Crippen LogP contribution is 2.26. The quantitative estimate of drug-likeness (QED) is 0.446. The Morgan fingerprint density at radius 1 is 0.750 bits per heavy atom. The first-order chi connectivity index (χ1) is 13.9. The maximum atomic E-state index is 5.89. The van der Waals surface area contributed by atoms with Crippen LogP contribution in [-0.4, -0.2) is 27.2 Å². The normalized spacial score (nSPS) is 10.7. The van der Waals surface area contributed by atoms with Gasteiger partial charge < -0.3 is 4.74 Å². The molecule has 0 unspecified atom stereocenters. The lowest BCUT2D eigenvalue weighted by molar-refractivity contribution is 0.307. The molecule has 4 aromatic rings. The van der Waals surface area contributed by atoms with Gasteiger partial charge in [0.2, 0.25) is 5.82 Å². The van der Waals surface area contributed by atoms with Gasteiger partial charge in [0.1, 0.15) is 5.75 Å². The van der Waals surface area contributed by atoms with Crippen LogP contribution in [0.1, 0.15) is 18.4 Å². The molecule has 1 N–H and O–H groups in total. The van der Waals surface area contributed by atoms with Gasteiger partial charge in [-0.2, -0.15) is 5.21 Å². The number of hydrogen-bond donors (Lipinski definition) is 1. The number of benzene rings is 3. The van der Waals surface area contributed by atoms with Gasteiger partial charge in [-0.3, -0.25) is 0 Å². The molecule has 5 nitrogen and oxygen atoms in total. The fourth-order valence-corrected chi connectivity index (χ4v) is 3.13. The molecule has 0 saturated carbocycles. The van der Waals surface area contributed by atoms with E-state index in [0.717, 1.165) is 48.3 Å². The Morgan fingerprint density at radius 3 is 2.36 bits per heavy atom. The van der Waals surface area contributed by atoms with Gasteiger partial charge in [-0.25, -0.2) is 0 Å². The molecule has 1 heterocycles. The predicted molar refractivity (Wildman–Crippen MR) is 110 cm³/mol. The van der Waals surface area contributed by atoms with Crippen molar-refractivity contribution in [3.63, 3.8) is 0 Å². The second kappa shape index (κ2) is 8.95. The molecule has 1 aromatic heterocycles. The number of H-pyrrole nitrogens is 1. The summed E-state index contributed by atoms with van der Waals surface area (Å²) in [6.07, 6.45) is 3.27. The van der Waals surface area contributed by atoms with Crippen molar-refractivity contribution >= 4 is 0 Å². The number of nitrogens with zero attached hydrogens (tertiary/aromatic N) is 3. The van der Waals surface area contributed by atoms with Gasteiger partial charge >= 0.3 is 0 Å². The molecule has 0 bridgehead atoms. The molecule has 0 radical (unpaired) electrons. The molecular weight excluding hydrogens is 348 g/mol. The molecule has 0 fully saturated rings. The second-order valence-electron chi connectivity index (χ2n) is 6.63. The molecule has 3 aromatic carbocycles. The lowest BCUT2D eigenvalue weighted by atomic mass is 10.0. The van der Waals surface area contributed by atoms with Crippen LogP contribution in [0, 0.1) is 0 Å². The summed E-state index contributed by atoms with van der Waals surface area (Å²) in [5, 5.41) is 14.2. The summed E-state index contributed by atoms with van der Waals surface area (Å²) in [5.41, 5.74) is 4.55. The van der Waals surface area contributed by atoms with E-state index in [1.54, 1.807) is 0 Å². The van der Waals surface area contributed by atoms with Gasteiger partial charge in [0.15, 0.2) is 0 Å². The first kappa shape index (κ1) is 17.9. The third-order valence-corrected chi connectivity index (χ3v) is 4.63. The summed E-state index contributed by atoms with van der Waals surface area (Å²) in [6, 6.07) is 26.9. The van der Waals surface area contributed by atoms with Gasteiger partial charge in [-0.05, 0) is 59.4 Å². The number of hydrogen-bond acceptors (Lipinski definition) is 4. The molecule has 4 rings (SSSR count). The summed E-state index contributed by atoms with van der Waals surface area (Å²) in [6.45, 7) is 0.736. The maximum Gasteiger partial charge on any atom is 0.204 e. The molecule has 0 aliphatic rings. The number of aromatic nitrogens is 4. The maximum absolute atomic E-state index is 5.89. The number of tetrazole rings is 1. The molecule has 0 atom stereocenters. The molecule has 140 valence electrons.